The Hall–Kier alpha value is -3.48. The number of benzene rings is 2. The van der Waals surface area contributed by atoms with Gasteiger partial charge in [0.2, 0.25) is 5.91 Å². The van der Waals surface area contributed by atoms with Gasteiger partial charge in [0.25, 0.3) is 5.91 Å². The van der Waals surface area contributed by atoms with Crippen LogP contribution in [0, 0.1) is 0 Å². The number of rotatable bonds is 6. The SMILES string of the molecule is O=C(NC1CCCN(Cc2ccccc2)C1=O)c1ccccc1Cn1cncn1. The number of aromatic nitrogens is 3. The van der Waals surface area contributed by atoms with Gasteiger partial charge in [-0.2, -0.15) is 5.10 Å². The molecular formula is C22H23N5O2. The lowest BCUT2D eigenvalue weighted by molar-refractivity contribution is -0.136. The molecule has 2 amide bonds. The van der Waals surface area contributed by atoms with Crippen LogP contribution in [0.3, 0.4) is 0 Å². The molecule has 1 atom stereocenters. The lowest BCUT2D eigenvalue weighted by atomic mass is 10.0. The van der Waals surface area contributed by atoms with Crippen LogP contribution in [0.25, 0.3) is 0 Å². The Kier molecular flexibility index (Phi) is 5.65. The molecule has 0 radical (unpaired) electrons. The molecule has 1 saturated heterocycles. The number of nitrogens with zero attached hydrogens (tertiary/aromatic N) is 4. The first kappa shape index (κ1) is 18.9. The van der Waals surface area contributed by atoms with Gasteiger partial charge in [-0.1, -0.05) is 48.5 Å². The molecule has 148 valence electrons. The summed E-state index contributed by atoms with van der Waals surface area (Å²) in [7, 11) is 0. The van der Waals surface area contributed by atoms with Crippen molar-refractivity contribution >= 4 is 11.8 Å². The van der Waals surface area contributed by atoms with Gasteiger partial charge in [0.15, 0.2) is 0 Å². The van der Waals surface area contributed by atoms with Gasteiger partial charge >= 0.3 is 0 Å². The average molecular weight is 389 g/mol. The van der Waals surface area contributed by atoms with Crippen LogP contribution < -0.4 is 5.32 Å². The standard InChI is InChI=1S/C22H23N5O2/c28-21(19-10-5-4-9-18(19)14-27-16-23-15-24-27)25-20-11-6-12-26(22(20)29)13-17-7-2-1-3-8-17/h1-5,7-10,15-16,20H,6,11-14H2,(H,25,28). The molecule has 2 aromatic carbocycles. The van der Waals surface area contributed by atoms with E-state index in [9.17, 15) is 9.59 Å². The molecule has 1 aromatic heterocycles. The van der Waals surface area contributed by atoms with Gasteiger partial charge in [-0.05, 0) is 30.0 Å². The highest BCUT2D eigenvalue weighted by Crippen LogP contribution is 2.17. The molecule has 3 aromatic rings. The Morgan fingerprint density at radius 1 is 1.07 bits per heavy atom. The molecule has 1 unspecified atom stereocenters. The van der Waals surface area contributed by atoms with Gasteiger partial charge in [0.05, 0.1) is 6.54 Å². The van der Waals surface area contributed by atoms with Crippen molar-refractivity contribution in [1.29, 1.82) is 0 Å². The van der Waals surface area contributed by atoms with Crippen molar-refractivity contribution < 1.29 is 9.59 Å². The van der Waals surface area contributed by atoms with Gasteiger partial charge < -0.3 is 10.2 Å². The summed E-state index contributed by atoms with van der Waals surface area (Å²) in [6.07, 6.45) is 4.59. The fraction of sp³-hybridized carbons (Fsp3) is 0.273. The molecule has 1 aliphatic rings. The third kappa shape index (κ3) is 4.51. The highest BCUT2D eigenvalue weighted by atomic mass is 16.2. The van der Waals surface area contributed by atoms with Gasteiger partial charge in [0, 0.05) is 18.7 Å². The van der Waals surface area contributed by atoms with E-state index < -0.39 is 6.04 Å². The molecule has 0 bridgehead atoms. The first-order valence-electron chi connectivity index (χ1n) is 9.74. The van der Waals surface area contributed by atoms with E-state index in [1.807, 2.05) is 53.4 Å². The van der Waals surface area contributed by atoms with E-state index in [-0.39, 0.29) is 11.8 Å². The Balaban J connectivity index is 1.45. The van der Waals surface area contributed by atoms with E-state index in [4.69, 9.17) is 0 Å². The van der Waals surface area contributed by atoms with Crippen molar-refractivity contribution in [3.05, 3.63) is 83.9 Å². The lowest BCUT2D eigenvalue weighted by Crippen LogP contribution is -2.52. The van der Waals surface area contributed by atoms with Crippen molar-refractivity contribution in [2.75, 3.05) is 6.54 Å². The summed E-state index contributed by atoms with van der Waals surface area (Å²) in [5.74, 6) is -0.261. The first-order chi connectivity index (χ1) is 14.2. The molecular weight excluding hydrogens is 366 g/mol. The van der Waals surface area contributed by atoms with Gasteiger partial charge in [-0.15, -0.1) is 0 Å². The molecule has 29 heavy (non-hydrogen) atoms. The van der Waals surface area contributed by atoms with Crippen LogP contribution in [-0.4, -0.2) is 44.1 Å². The van der Waals surface area contributed by atoms with Gasteiger partial charge in [0.1, 0.15) is 18.7 Å². The zero-order valence-corrected chi connectivity index (χ0v) is 16.1. The van der Waals surface area contributed by atoms with E-state index in [1.54, 1.807) is 17.1 Å². The second-order valence-electron chi connectivity index (χ2n) is 7.16. The monoisotopic (exact) mass is 389 g/mol. The maximum Gasteiger partial charge on any atom is 0.252 e. The highest BCUT2D eigenvalue weighted by Gasteiger charge is 2.30. The van der Waals surface area contributed by atoms with E-state index in [1.165, 1.54) is 6.33 Å². The largest absolute Gasteiger partial charge is 0.340 e. The Bertz CT molecular complexity index is 972. The first-order valence-corrected chi connectivity index (χ1v) is 9.74. The third-order valence-electron chi connectivity index (χ3n) is 5.11. The van der Waals surface area contributed by atoms with E-state index in [2.05, 4.69) is 15.4 Å². The smallest absolute Gasteiger partial charge is 0.252 e. The lowest BCUT2D eigenvalue weighted by Gasteiger charge is -2.33. The number of likely N-dealkylation sites (tertiary alicyclic amines) is 1. The molecule has 7 heteroatoms. The zero-order valence-electron chi connectivity index (χ0n) is 16.1. The van der Waals surface area contributed by atoms with Crippen LogP contribution in [0.15, 0.2) is 67.3 Å². The predicted molar refractivity (Wildman–Crippen MR) is 108 cm³/mol. The number of hydrogen-bond acceptors (Lipinski definition) is 4. The number of piperidine rings is 1. The minimum absolute atomic E-state index is 0.0257. The molecule has 1 N–H and O–H groups in total. The maximum absolute atomic E-state index is 12.9. The van der Waals surface area contributed by atoms with E-state index in [0.717, 1.165) is 17.5 Å². The summed E-state index contributed by atoms with van der Waals surface area (Å²) in [6.45, 7) is 1.72. The van der Waals surface area contributed by atoms with E-state index in [0.29, 0.717) is 31.6 Å². The van der Waals surface area contributed by atoms with Gasteiger partial charge in [-0.3, -0.25) is 9.59 Å². The predicted octanol–water partition coefficient (Wildman–Crippen LogP) is 2.25. The fourth-order valence-corrected chi connectivity index (χ4v) is 3.64. The topological polar surface area (TPSA) is 80.1 Å². The maximum atomic E-state index is 12.9. The van der Waals surface area contributed by atoms with Crippen LogP contribution in [0.2, 0.25) is 0 Å². The number of nitrogens with one attached hydrogen (secondary N) is 1. The summed E-state index contributed by atoms with van der Waals surface area (Å²) < 4.78 is 1.67. The van der Waals surface area contributed by atoms with Crippen molar-refractivity contribution in [3.63, 3.8) is 0 Å². The molecule has 1 aliphatic heterocycles. The molecule has 4 rings (SSSR count). The summed E-state index contributed by atoms with van der Waals surface area (Å²) in [5.41, 5.74) is 2.47. The quantitative estimate of drug-likeness (QED) is 0.701. The Morgan fingerprint density at radius 2 is 1.86 bits per heavy atom. The van der Waals surface area contributed by atoms with Crippen molar-refractivity contribution in [1.82, 2.24) is 25.0 Å². The van der Waals surface area contributed by atoms with Crippen LogP contribution in [0.1, 0.15) is 34.3 Å². The second kappa shape index (κ2) is 8.68. The van der Waals surface area contributed by atoms with Crippen molar-refractivity contribution in [3.8, 4) is 0 Å². The average Bonchev–Trinajstić information content (AvgIpc) is 3.25. The normalized spacial score (nSPS) is 16.6. The zero-order chi connectivity index (χ0) is 20.1. The molecule has 1 fully saturated rings. The van der Waals surface area contributed by atoms with Crippen LogP contribution in [-0.2, 0) is 17.9 Å². The van der Waals surface area contributed by atoms with Crippen molar-refractivity contribution in [2.45, 2.75) is 32.0 Å². The molecule has 7 nitrogen and oxygen atoms in total. The summed E-state index contributed by atoms with van der Waals surface area (Å²) in [6, 6.07) is 16.8. The number of amides is 2. The summed E-state index contributed by atoms with van der Waals surface area (Å²) >= 11 is 0. The molecule has 0 spiro atoms. The Labute approximate surface area is 169 Å². The number of carbonyl (C=O) groups is 2. The van der Waals surface area contributed by atoms with Crippen LogP contribution in [0.5, 0.6) is 0 Å². The molecule has 2 heterocycles. The summed E-state index contributed by atoms with van der Waals surface area (Å²) in [5, 5.41) is 7.05. The minimum atomic E-state index is -0.501. The minimum Gasteiger partial charge on any atom is -0.340 e. The fourth-order valence-electron chi connectivity index (χ4n) is 3.64. The Morgan fingerprint density at radius 3 is 2.66 bits per heavy atom. The van der Waals surface area contributed by atoms with Gasteiger partial charge in [-0.25, -0.2) is 9.67 Å². The number of hydrogen-bond donors (Lipinski definition) is 1. The second-order valence-corrected chi connectivity index (χ2v) is 7.16. The van der Waals surface area contributed by atoms with Crippen LogP contribution in [0.4, 0.5) is 0 Å². The highest BCUT2D eigenvalue weighted by molar-refractivity contribution is 5.98. The van der Waals surface area contributed by atoms with Crippen molar-refractivity contribution in [2.24, 2.45) is 0 Å². The van der Waals surface area contributed by atoms with Crippen LogP contribution >= 0.6 is 0 Å². The summed E-state index contributed by atoms with van der Waals surface area (Å²) in [4.78, 5) is 31.6. The number of carbonyl (C=O) groups excluding carboxylic acids is 2. The molecule has 0 aliphatic carbocycles. The molecule has 0 saturated carbocycles. The third-order valence-corrected chi connectivity index (χ3v) is 5.11. The van der Waals surface area contributed by atoms with E-state index >= 15 is 0 Å².